The van der Waals surface area contributed by atoms with Gasteiger partial charge >= 0.3 is 0 Å². The third-order valence-electron chi connectivity index (χ3n) is 5.99. The van der Waals surface area contributed by atoms with Gasteiger partial charge in [0.1, 0.15) is 11.5 Å². The van der Waals surface area contributed by atoms with E-state index in [0.717, 1.165) is 19.3 Å². The zero-order chi connectivity index (χ0) is 25.5. The van der Waals surface area contributed by atoms with Crippen LogP contribution in [0, 0.1) is 0 Å². The van der Waals surface area contributed by atoms with Crippen molar-refractivity contribution in [2.75, 3.05) is 13.2 Å². The number of ether oxygens (including phenoxy) is 2. The molecule has 1 unspecified atom stereocenters. The van der Waals surface area contributed by atoms with Gasteiger partial charge in [0.2, 0.25) is 0 Å². The fraction of sp³-hybridized carbons (Fsp3) is 0.321. The summed E-state index contributed by atoms with van der Waals surface area (Å²) in [5.74, 6) is -0.122. The Bertz CT molecular complexity index is 1220. The van der Waals surface area contributed by atoms with Gasteiger partial charge in [-0.05, 0) is 55.3 Å². The smallest absolute Gasteiger partial charge is 0.296 e. The highest BCUT2D eigenvalue weighted by Gasteiger charge is 2.46. The number of ketones is 1. The lowest BCUT2D eigenvalue weighted by Gasteiger charge is -2.25. The van der Waals surface area contributed by atoms with Gasteiger partial charge in [0.25, 0.3) is 11.7 Å². The maximum atomic E-state index is 13.2. The molecule has 1 fully saturated rings. The molecular weight excluding hydrogens is 460 g/mol. The number of likely N-dealkylation sites (tertiary alicyclic amines) is 1. The van der Waals surface area contributed by atoms with E-state index in [9.17, 15) is 14.7 Å². The fourth-order valence-corrected chi connectivity index (χ4v) is 4.24. The number of amides is 1. The van der Waals surface area contributed by atoms with Crippen molar-refractivity contribution < 1.29 is 28.6 Å². The van der Waals surface area contributed by atoms with Crippen LogP contribution >= 0.6 is 0 Å². The van der Waals surface area contributed by atoms with Crippen molar-refractivity contribution in [1.82, 2.24) is 9.88 Å². The lowest BCUT2D eigenvalue weighted by Crippen LogP contribution is -2.29. The average Bonchev–Trinajstić information content (AvgIpc) is 3.50. The minimum Gasteiger partial charge on any atom is -0.507 e. The molecule has 4 rings (SSSR count). The van der Waals surface area contributed by atoms with Gasteiger partial charge in [-0.15, -0.1) is 0 Å². The number of aliphatic hydroxyl groups excluding tert-OH is 1. The minimum absolute atomic E-state index is 0.00295. The molecule has 3 heterocycles. The van der Waals surface area contributed by atoms with Crippen LogP contribution in [0.2, 0.25) is 0 Å². The van der Waals surface area contributed by atoms with Crippen molar-refractivity contribution in [3.8, 4) is 11.5 Å². The van der Waals surface area contributed by atoms with Crippen molar-refractivity contribution in [2.24, 2.45) is 0 Å². The highest BCUT2D eigenvalue weighted by Crippen LogP contribution is 2.42. The molecule has 2 aromatic heterocycles. The van der Waals surface area contributed by atoms with E-state index < -0.39 is 17.7 Å². The van der Waals surface area contributed by atoms with Gasteiger partial charge < -0.3 is 23.9 Å². The molecule has 1 saturated heterocycles. The van der Waals surface area contributed by atoms with Gasteiger partial charge in [0.15, 0.2) is 11.5 Å². The Hall–Kier alpha value is -4.07. The SMILES string of the molecule is CCCCCOc1ccc(C2C(=C(O)c3ccncc3)C(=O)C(=O)N2Cc2ccco2)cc1OCC. The monoisotopic (exact) mass is 490 g/mol. The predicted octanol–water partition coefficient (Wildman–Crippen LogP) is 5.26. The van der Waals surface area contributed by atoms with Gasteiger partial charge in [-0.1, -0.05) is 25.8 Å². The van der Waals surface area contributed by atoms with Crippen LogP contribution in [0.25, 0.3) is 5.76 Å². The molecule has 188 valence electrons. The van der Waals surface area contributed by atoms with E-state index in [0.29, 0.717) is 41.6 Å². The van der Waals surface area contributed by atoms with Crippen molar-refractivity contribution in [3.63, 3.8) is 0 Å². The molecule has 3 aromatic rings. The van der Waals surface area contributed by atoms with E-state index in [1.165, 1.54) is 23.6 Å². The number of hydrogen-bond acceptors (Lipinski definition) is 7. The molecule has 0 spiro atoms. The van der Waals surface area contributed by atoms with E-state index in [-0.39, 0.29) is 17.9 Å². The lowest BCUT2D eigenvalue weighted by molar-refractivity contribution is -0.140. The standard InChI is InChI=1S/C28H30N2O6/c1-3-5-6-15-36-22-10-9-20(17-23(22)34-4-2)25-24(26(31)19-11-13-29-14-12-19)27(32)28(33)30(25)18-21-8-7-16-35-21/h7-14,16-17,25,31H,3-6,15,18H2,1-2H3. The Kier molecular flexibility index (Phi) is 8.05. The van der Waals surface area contributed by atoms with E-state index >= 15 is 0 Å². The van der Waals surface area contributed by atoms with E-state index in [1.807, 2.05) is 6.92 Å². The zero-order valence-electron chi connectivity index (χ0n) is 20.5. The molecule has 1 atom stereocenters. The molecule has 0 radical (unpaired) electrons. The summed E-state index contributed by atoms with van der Waals surface area (Å²) in [6.07, 6.45) is 7.63. The Labute approximate surface area is 210 Å². The normalized spacial score (nSPS) is 16.9. The first-order valence-corrected chi connectivity index (χ1v) is 12.2. The molecule has 36 heavy (non-hydrogen) atoms. The van der Waals surface area contributed by atoms with Crippen LogP contribution in [-0.2, 0) is 16.1 Å². The molecule has 1 aromatic carbocycles. The number of carbonyl (C=O) groups excluding carboxylic acids is 2. The van der Waals surface area contributed by atoms with Crippen molar-refractivity contribution in [3.05, 3.63) is 83.6 Å². The highest BCUT2D eigenvalue weighted by atomic mass is 16.5. The number of carbonyl (C=O) groups is 2. The van der Waals surface area contributed by atoms with Gasteiger partial charge in [0.05, 0.1) is 37.6 Å². The molecule has 0 aliphatic carbocycles. The maximum absolute atomic E-state index is 13.2. The molecular formula is C28H30N2O6. The predicted molar refractivity (Wildman–Crippen MR) is 133 cm³/mol. The van der Waals surface area contributed by atoms with E-state index in [2.05, 4.69) is 11.9 Å². The van der Waals surface area contributed by atoms with Crippen molar-refractivity contribution in [1.29, 1.82) is 0 Å². The van der Waals surface area contributed by atoms with Gasteiger partial charge in [0, 0.05) is 18.0 Å². The van der Waals surface area contributed by atoms with Crippen LogP contribution in [0.3, 0.4) is 0 Å². The fourth-order valence-electron chi connectivity index (χ4n) is 4.24. The lowest BCUT2D eigenvalue weighted by atomic mass is 9.95. The van der Waals surface area contributed by atoms with Gasteiger partial charge in [-0.3, -0.25) is 14.6 Å². The van der Waals surface area contributed by atoms with Crippen LogP contribution < -0.4 is 9.47 Å². The number of pyridine rings is 1. The summed E-state index contributed by atoms with van der Waals surface area (Å²) in [4.78, 5) is 31.7. The summed E-state index contributed by atoms with van der Waals surface area (Å²) in [6.45, 7) is 5.05. The minimum atomic E-state index is -0.850. The van der Waals surface area contributed by atoms with Crippen LogP contribution in [0.4, 0.5) is 0 Å². The number of aliphatic hydroxyl groups is 1. The van der Waals surface area contributed by atoms with Crippen LogP contribution in [0.5, 0.6) is 11.5 Å². The van der Waals surface area contributed by atoms with Gasteiger partial charge in [-0.2, -0.15) is 0 Å². The number of unbranched alkanes of at least 4 members (excludes halogenated alkanes) is 2. The Balaban J connectivity index is 1.78. The molecule has 1 N–H and O–H groups in total. The number of benzene rings is 1. The third kappa shape index (κ3) is 5.27. The highest BCUT2D eigenvalue weighted by molar-refractivity contribution is 6.46. The number of hydrogen-bond donors (Lipinski definition) is 1. The number of aromatic nitrogens is 1. The first-order valence-electron chi connectivity index (χ1n) is 12.2. The first kappa shape index (κ1) is 25.0. The topological polar surface area (TPSA) is 102 Å². The number of furan rings is 1. The average molecular weight is 491 g/mol. The molecule has 1 aliphatic rings. The van der Waals surface area contributed by atoms with Crippen molar-refractivity contribution in [2.45, 2.75) is 45.7 Å². The second-order valence-electron chi connectivity index (χ2n) is 8.44. The Morgan fingerprint density at radius 3 is 2.56 bits per heavy atom. The second-order valence-corrected chi connectivity index (χ2v) is 8.44. The quantitative estimate of drug-likeness (QED) is 0.169. The van der Waals surface area contributed by atoms with Crippen LogP contribution in [0.15, 0.2) is 71.1 Å². The summed E-state index contributed by atoms with van der Waals surface area (Å²) in [7, 11) is 0. The van der Waals surface area contributed by atoms with Crippen LogP contribution in [0.1, 0.15) is 56.0 Å². The summed E-state index contributed by atoms with van der Waals surface area (Å²) >= 11 is 0. The number of rotatable bonds is 11. The second kappa shape index (κ2) is 11.6. The van der Waals surface area contributed by atoms with Gasteiger partial charge in [-0.25, -0.2) is 0 Å². The largest absolute Gasteiger partial charge is 0.507 e. The molecule has 0 saturated carbocycles. The summed E-state index contributed by atoms with van der Waals surface area (Å²) < 4.78 is 17.3. The first-order chi connectivity index (χ1) is 17.5. The Morgan fingerprint density at radius 1 is 1.06 bits per heavy atom. The maximum Gasteiger partial charge on any atom is 0.296 e. The molecule has 8 heteroatoms. The molecule has 1 aliphatic heterocycles. The molecule has 1 amide bonds. The van der Waals surface area contributed by atoms with Crippen molar-refractivity contribution >= 4 is 17.4 Å². The summed E-state index contributed by atoms with van der Waals surface area (Å²) in [5, 5.41) is 11.2. The van der Waals surface area contributed by atoms with E-state index in [1.54, 1.807) is 42.5 Å². The Morgan fingerprint density at radius 2 is 1.86 bits per heavy atom. The molecule has 0 bridgehead atoms. The van der Waals surface area contributed by atoms with E-state index in [4.69, 9.17) is 13.9 Å². The zero-order valence-corrected chi connectivity index (χ0v) is 20.5. The number of nitrogens with zero attached hydrogens (tertiary/aromatic N) is 2. The summed E-state index contributed by atoms with van der Waals surface area (Å²) in [6, 6.07) is 11.1. The van der Waals surface area contributed by atoms with Crippen LogP contribution in [-0.4, -0.2) is 39.9 Å². The molecule has 8 nitrogen and oxygen atoms in total. The summed E-state index contributed by atoms with van der Waals surface area (Å²) in [5.41, 5.74) is 1.00. The number of Topliss-reactive ketones (excluding diaryl/α,β-unsaturated/α-hetero) is 1. The third-order valence-corrected chi connectivity index (χ3v) is 5.99.